The number of anilines is 1. The average molecular weight is 409 g/mol. The van der Waals surface area contributed by atoms with Gasteiger partial charge in [-0.2, -0.15) is 5.10 Å². The van der Waals surface area contributed by atoms with Crippen molar-refractivity contribution in [2.45, 2.75) is 26.4 Å². The van der Waals surface area contributed by atoms with Crippen LogP contribution in [0.25, 0.3) is 5.82 Å². The Morgan fingerprint density at radius 1 is 1.13 bits per heavy atom. The lowest BCUT2D eigenvalue weighted by atomic mass is 10.1. The van der Waals surface area contributed by atoms with Crippen LogP contribution in [0.2, 0.25) is 0 Å². The van der Waals surface area contributed by atoms with E-state index in [1.54, 1.807) is 49.5 Å². The minimum atomic E-state index is -1.02. The molecule has 3 aromatic rings. The molecule has 0 atom stereocenters. The molecule has 3 aromatic heterocycles. The van der Waals surface area contributed by atoms with Crippen LogP contribution < -0.4 is 4.90 Å². The van der Waals surface area contributed by atoms with Crippen molar-refractivity contribution in [2.24, 2.45) is 0 Å². The molecule has 0 saturated carbocycles. The van der Waals surface area contributed by atoms with E-state index < -0.39 is 5.60 Å². The summed E-state index contributed by atoms with van der Waals surface area (Å²) in [5.41, 5.74) is -0.163. The number of hydrogen-bond donors (Lipinski definition) is 1. The molecule has 0 radical (unpaired) electrons. The molecule has 9 nitrogen and oxygen atoms in total. The fourth-order valence-corrected chi connectivity index (χ4v) is 2.96. The summed E-state index contributed by atoms with van der Waals surface area (Å²) in [6.45, 7) is 6.91. The number of amides is 1. The topological polar surface area (TPSA) is 100 Å². The number of pyridine rings is 1. The third-order valence-electron chi connectivity index (χ3n) is 4.73. The Morgan fingerprint density at radius 2 is 1.90 bits per heavy atom. The number of likely N-dealkylation sites (N-methyl/N-ethyl adjacent to an activating group) is 2. The zero-order valence-corrected chi connectivity index (χ0v) is 17.7. The lowest BCUT2D eigenvalue weighted by Crippen LogP contribution is -2.38. The summed E-state index contributed by atoms with van der Waals surface area (Å²) in [4.78, 5) is 29.9. The lowest BCUT2D eigenvalue weighted by molar-refractivity contribution is 0.0739. The van der Waals surface area contributed by atoms with Crippen molar-refractivity contribution in [3.05, 3.63) is 60.4 Å². The van der Waals surface area contributed by atoms with Gasteiger partial charge in [0.25, 0.3) is 5.91 Å². The van der Waals surface area contributed by atoms with E-state index in [0.29, 0.717) is 31.1 Å². The number of aromatic nitrogens is 5. The van der Waals surface area contributed by atoms with Crippen molar-refractivity contribution in [2.75, 3.05) is 31.6 Å². The van der Waals surface area contributed by atoms with Crippen LogP contribution in [0.4, 0.5) is 5.82 Å². The summed E-state index contributed by atoms with van der Waals surface area (Å²) in [5.74, 6) is 0.927. The highest BCUT2D eigenvalue weighted by molar-refractivity contribution is 5.95. The normalized spacial score (nSPS) is 11.4. The first-order chi connectivity index (χ1) is 14.3. The monoisotopic (exact) mass is 409 g/mol. The van der Waals surface area contributed by atoms with Gasteiger partial charge < -0.3 is 14.9 Å². The fraction of sp³-hybridized carbons (Fsp3) is 0.381. The molecule has 0 aromatic carbocycles. The van der Waals surface area contributed by atoms with Crippen LogP contribution in [0.15, 0.2) is 49.1 Å². The molecule has 0 aliphatic heterocycles. The molecule has 0 unspecified atom stereocenters. The molecule has 30 heavy (non-hydrogen) atoms. The van der Waals surface area contributed by atoms with Gasteiger partial charge in [0, 0.05) is 51.5 Å². The van der Waals surface area contributed by atoms with Gasteiger partial charge in [-0.1, -0.05) is 6.07 Å². The number of hydrogen-bond acceptors (Lipinski definition) is 7. The van der Waals surface area contributed by atoms with Crippen molar-refractivity contribution in [1.29, 1.82) is 0 Å². The zero-order valence-electron chi connectivity index (χ0n) is 17.7. The number of rotatable bonds is 8. The van der Waals surface area contributed by atoms with E-state index in [0.717, 1.165) is 5.82 Å². The van der Waals surface area contributed by atoms with Crippen LogP contribution in [0.3, 0.4) is 0 Å². The van der Waals surface area contributed by atoms with Crippen LogP contribution >= 0.6 is 0 Å². The van der Waals surface area contributed by atoms with Gasteiger partial charge >= 0.3 is 0 Å². The van der Waals surface area contributed by atoms with E-state index in [1.807, 2.05) is 31.0 Å². The molecule has 0 aliphatic rings. The maximum atomic E-state index is 13.1. The molecule has 0 fully saturated rings. The van der Waals surface area contributed by atoms with Gasteiger partial charge in [0.15, 0.2) is 11.5 Å². The number of carbonyl (C=O) groups excluding carboxylic acids is 1. The second kappa shape index (κ2) is 9.00. The molecule has 1 amide bonds. The van der Waals surface area contributed by atoms with E-state index >= 15 is 0 Å². The highest BCUT2D eigenvalue weighted by atomic mass is 16.3. The second-order valence-electron chi connectivity index (χ2n) is 7.43. The van der Waals surface area contributed by atoms with Crippen molar-refractivity contribution < 1.29 is 9.90 Å². The first kappa shape index (κ1) is 21.4. The molecule has 0 saturated heterocycles. The number of nitrogens with zero attached hydrogens (tertiary/aromatic N) is 7. The van der Waals surface area contributed by atoms with E-state index in [1.165, 1.54) is 10.9 Å². The minimum absolute atomic E-state index is 0.206. The molecular formula is C21H27N7O2. The Morgan fingerprint density at radius 3 is 2.57 bits per heavy atom. The molecule has 0 bridgehead atoms. The Bertz CT molecular complexity index is 983. The van der Waals surface area contributed by atoms with Crippen molar-refractivity contribution >= 4 is 11.7 Å². The van der Waals surface area contributed by atoms with Crippen LogP contribution in [0.5, 0.6) is 0 Å². The smallest absolute Gasteiger partial charge is 0.276 e. The predicted octanol–water partition coefficient (Wildman–Crippen LogP) is 1.88. The Balaban J connectivity index is 1.73. The lowest BCUT2D eigenvalue weighted by Gasteiger charge is -2.26. The molecular weight excluding hydrogens is 382 g/mol. The van der Waals surface area contributed by atoms with E-state index in [4.69, 9.17) is 0 Å². The van der Waals surface area contributed by atoms with E-state index in [2.05, 4.69) is 20.1 Å². The molecule has 3 rings (SSSR count). The summed E-state index contributed by atoms with van der Waals surface area (Å²) in [5, 5.41) is 14.4. The summed E-state index contributed by atoms with van der Waals surface area (Å²) >= 11 is 0. The van der Waals surface area contributed by atoms with Gasteiger partial charge in [-0.15, -0.1) is 0 Å². The molecule has 9 heteroatoms. The van der Waals surface area contributed by atoms with Crippen molar-refractivity contribution in [3.8, 4) is 5.82 Å². The molecule has 0 aliphatic carbocycles. The van der Waals surface area contributed by atoms with E-state index in [9.17, 15) is 9.90 Å². The maximum absolute atomic E-state index is 13.1. The summed E-state index contributed by atoms with van der Waals surface area (Å²) < 4.78 is 1.53. The third-order valence-corrected chi connectivity index (χ3v) is 4.73. The van der Waals surface area contributed by atoms with Crippen LogP contribution in [-0.4, -0.2) is 67.3 Å². The maximum Gasteiger partial charge on any atom is 0.276 e. The summed E-state index contributed by atoms with van der Waals surface area (Å²) in [7, 11) is 1.91. The molecule has 3 heterocycles. The highest BCUT2D eigenvalue weighted by Gasteiger charge is 2.22. The molecule has 1 N–H and O–H groups in total. The second-order valence-corrected chi connectivity index (χ2v) is 7.43. The standard InChI is InChI=1S/C21H27N7O2/c1-5-27(15-14-26(4)17-9-6-8-16(25-17)21(2,3)30)20(29)18-19(23-12-11-22-18)28-13-7-10-24-28/h6-13,30H,5,14-15H2,1-4H3. The minimum Gasteiger partial charge on any atom is -0.384 e. The van der Waals surface area contributed by atoms with Gasteiger partial charge in [-0.3, -0.25) is 4.79 Å². The molecule has 158 valence electrons. The third kappa shape index (κ3) is 4.80. The van der Waals surface area contributed by atoms with Crippen LogP contribution in [0.1, 0.15) is 37.0 Å². The SMILES string of the molecule is CCN(CCN(C)c1cccc(C(C)(C)O)n1)C(=O)c1nccnc1-n1cccn1. The Hall–Kier alpha value is -3.33. The molecule has 0 spiro atoms. The first-order valence-corrected chi connectivity index (χ1v) is 9.82. The number of aliphatic hydroxyl groups is 1. The quantitative estimate of drug-likeness (QED) is 0.606. The van der Waals surface area contributed by atoms with Gasteiger partial charge in [-0.05, 0) is 39.0 Å². The largest absolute Gasteiger partial charge is 0.384 e. The van der Waals surface area contributed by atoms with Gasteiger partial charge in [0.05, 0.1) is 5.69 Å². The summed E-state index contributed by atoms with van der Waals surface area (Å²) in [6, 6.07) is 7.31. The highest BCUT2D eigenvalue weighted by Crippen LogP contribution is 2.20. The van der Waals surface area contributed by atoms with Gasteiger partial charge in [0.1, 0.15) is 11.4 Å². The number of carbonyl (C=O) groups is 1. The summed E-state index contributed by atoms with van der Waals surface area (Å²) in [6.07, 6.45) is 6.40. The predicted molar refractivity (Wildman–Crippen MR) is 113 cm³/mol. The Kier molecular flexibility index (Phi) is 6.41. The van der Waals surface area contributed by atoms with Crippen LogP contribution in [0, 0.1) is 0 Å². The van der Waals surface area contributed by atoms with Gasteiger partial charge in [0.2, 0.25) is 0 Å². The van der Waals surface area contributed by atoms with Gasteiger partial charge in [-0.25, -0.2) is 19.6 Å². The fourth-order valence-electron chi connectivity index (χ4n) is 2.96. The van der Waals surface area contributed by atoms with E-state index in [-0.39, 0.29) is 11.6 Å². The first-order valence-electron chi connectivity index (χ1n) is 9.82. The zero-order chi connectivity index (χ0) is 21.7. The van der Waals surface area contributed by atoms with Crippen LogP contribution in [-0.2, 0) is 5.60 Å². The Labute approximate surface area is 176 Å². The average Bonchev–Trinajstić information content (AvgIpc) is 3.28. The van der Waals surface area contributed by atoms with Crippen molar-refractivity contribution in [3.63, 3.8) is 0 Å². The van der Waals surface area contributed by atoms with Crippen molar-refractivity contribution in [1.82, 2.24) is 29.6 Å².